The van der Waals surface area contributed by atoms with Gasteiger partial charge in [-0.3, -0.25) is 15.0 Å². The summed E-state index contributed by atoms with van der Waals surface area (Å²) in [6, 6.07) is 1.72. The second-order valence-corrected chi connectivity index (χ2v) is 6.17. The van der Waals surface area contributed by atoms with Crippen LogP contribution in [-0.2, 0) is 0 Å². The van der Waals surface area contributed by atoms with Crippen LogP contribution >= 0.6 is 27.5 Å². The molecule has 0 amide bonds. The minimum absolute atomic E-state index is 0.115. The number of nitriles is 1. The van der Waals surface area contributed by atoms with E-state index in [9.17, 15) is 28.5 Å². The van der Waals surface area contributed by atoms with E-state index in [2.05, 4.69) is 40.9 Å². The lowest BCUT2D eigenvalue weighted by Gasteiger charge is -2.24. The van der Waals surface area contributed by atoms with E-state index in [4.69, 9.17) is 11.6 Å². The van der Waals surface area contributed by atoms with Crippen molar-refractivity contribution in [2.45, 2.75) is 0 Å². The van der Waals surface area contributed by atoms with Crippen molar-refractivity contribution >= 4 is 50.8 Å². The molecular formula is C13H3BrClF3N8O2. The van der Waals surface area contributed by atoms with Gasteiger partial charge in [-0.25, -0.2) is 9.98 Å². The second-order valence-electron chi connectivity index (χ2n) is 4.95. The lowest BCUT2D eigenvalue weighted by atomic mass is 10.1. The highest BCUT2D eigenvalue weighted by Gasteiger charge is 2.34. The van der Waals surface area contributed by atoms with Gasteiger partial charge in [-0.1, -0.05) is 11.6 Å². The van der Waals surface area contributed by atoms with E-state index >= 15 is 0 Å². The molecule has 15 heteroatoms. The Morgan fingerprint density at radius 1 is 1.29 bits per heavy atom. The fourth-order valence-corrected chi connectivity index (χ4v) is 2.82. The van der Waals surface area contributed by atoms with Gasteiger partial charge in [0, 0.05) is 6.20 Å². The maximum absolute atomic E-state index is 14.6. The average molecular weight is 476 g/mol. The standard InChI is InChI=1S/C13H3BrClF3N8O2/c14-5-2-20-11(16)21-7(5)6-4(1-19)3-25(13(18)22-6)10-8(26(27)28)9(15)23-12(17)24-10/h2H,3H2. The number of halogens is 5. The first-order valence-electron chi connectivity index (χ1n) is 6.93. The summed E-state index contributed by atoms with van der Waals surface area (Å²) < 4.78 is 41.6. The summed E-state index contributed by atoms with van der Waals surface area (Å²) in [7, 11) is 0. The van der Waals surface area contributed by atoms with Gasteiger partial charge in [0.2, 0.25) is 11.0 Å². The molecule has 0 radical (unpaired) electrons. The summed E-state index contributed by atoms with van der Waals surface area (Å²) in [5, 5.41) is 19.7. The monoisotopic (exact) mass is 474 g/mol. The largest absolute Gasteiger partial charge is 0.349 e. The Labute approximate surface area is 166 Å². The zero-order valence-corrected chi connectivity index (χ0v) is 15.4. The van der Waals surface area contributed by atoms with E-state index in [1.807, 2.05) is 0 Å². The quantitative estimate of drug-likeness (QED) is 0.217. The smallest absolute Gasteiger partial charge is 0.275 e. The van der Waals surface area contributed by atoms with Crippen molar-refractivity contribution in [2.75, 3.05) is 11.4 Å². The van der Waals surface area contributed by atoms with Gasteiger partial charge in [-0.2, -0.15) is 33.4 Å². The summed E-state index contributed by atoms with van der Waals surface area (Å²) in [6.45, 7) is -0.646. The molecule has 1 aliphatic heterocycles. The van der Waals surface area contributed by atoms with Crippen LogP contribution < -0.4 is 4.90 Å². The van der Waals surface area contributed by atoms with E-state index in [1.165, 1.54) is 0 Å². The molecule has 142 valence electrons. The predicted molar refractivity (Wildman–Crippen MR) is 91.8 cm³/mol. The van der Waals surface area contributed by atoms with Gasteiger partial charge in [-0.05, 0) is 15.9 Å². The SMILES string of the molecule is N#CC1=C(c2nc(F)ncc2Br)N=C(F)N(c2nc(F)nc(Cl)c2[N+](=O)[O-])C1. The molecule has 3 rings (SSSR count). The van der Waals surface area contributed by atoms with Crippen LogP contribution in [-0.4, -0.2) is 37.5 Å². The third-order valence-corrected chi connectivity index (χ3v) is 4.18. The Hall–Kier alpha value is -3.18. The molecule has 0 aliphatic carbocycles. The van der Waals surface area contributed by atoms with Crippen LogP contribution in [0.15, 0.2) is 21.2 Å². The summed E-state index contributed by atoms with van der Waals surface area (Å²) in [5.74, 6) is -0.844. The van der Waals surface area contributed by atoms with E-state index < -0.39 is 46.4 Å². The Morgan fingerprint density at radius 3 is 2.64 bits per heavy atom. The van der Waals surface area contributed by atoms with Gasteiger partial charge in [-0.15, -0.1) is 0 Å². The number of nitro groups is 1. The highest BCUT2D eigenvalue weighted by molar-refractivity contribution is 9.10. The normalized spacial score (nSPS) is 14.0. The molecule has 1 aliphatic rings. The van der Waals surface area contributed by atoms with Gasteiger partial charge in [0.1, 0.15) is 11.4 Å². The molecule has 2 aromatic rings. The molecule has 0 fully saturated rings. The number of aliphatic imine (C=N–C) groups is 1. The van der Waals surface area contributed by atoms with E-state index in [1.54, 1.807) is 6.07 Å². The third-order valence-electron chi connectivity index (χ3n) is 3.34. The molecule has 0 saturated heterocycles. The Morgan fingerprint density at radius 2 is 2.00 bits per heavy atom. The molecule has 10 nitrogen and oxygen atoms in total. The lowest BCUT2D eigenvalue weighted by Crippen LogP contribution is -2.34. The number of aromatic nitrogens is 4. The highest BCUT2D eigenvalue weighted by Crippen LogP contribution is 2.36. The van der Waals surface area contributed by atoms with Crippen molar-refractivity contribution in [2.24, 2.45) is 4.99 Å². The first kappa shape index (κ1) is 19.6. The highest BCUT2D eigenvalue weighted by atomic mass is 79.9. The zero-order valence-electron chi connectivity index (χ0n) is 13.1. The van der Waals surface area contributed by atoms with Crippen LogP contribution in [0.1, 0.15) is 5.69 Å². The molecule has 0 saturated carbocycles. The van der Waals surface area contributed by atoms with Crippen LogP contribution in [0.5, 0.6) is 0 Å². The molecule has 28 heavy (non-hydrogen) atoms. The van der Waals surface area contributed by atoms with Gasteiger partial charge >= 0.3 is 17.8 Å². The molecule has 0 spiro atoms. The molecule has 3 heterocycles. The topological polar surface area (TPSA) is 134 Å². The molecular weight excluding hydrogens is 473 g/mol. The molecule has 0 unspecified atom stereocenters. The van der Waals surface area contributed by atoms with E-state index in [0.717, 1.165) is 6.20 Å². The fourth-order valence-electron chi connectivity index (χ4n) is 2.21. The van der Waals surface area contributed by atoms with Crippen LogP contribution in [0.2, 0.25) is 5.15 Å². The van der Waals surface area contributed by atoms with Crippen LogP contribution in [0.3, 0.4) is 0 Å². The number of rotatable bonds is 3. The van der Waals surface area contributed by atoms with Gasteiger partial charge in [0.25, 0.3) is 6.09 Å². The van der Waals surface area contributed by atoms with Crippen molar-refractivity contribution in [1.29, 1.82) is 5.26 Å². The molecule has 0 aromatic carbocycles. The van der Waals surface area contributed by atoms with Crippen molar-refractivity contribution < 1.29 is 18.1 Å². The minimum Gasteiger partial charge on any atom is -0.275 e. The van der Waals surface area contributed by atoms with E-state index in [0.29, 0.717) is 4.90 Å². The zero-order chi connectivity index (χ0) is 20.6. The molecule has 0 N–H and O–H groups in total. The number of nitrogens with zero attached hydrogens (tertiary/aromatic N) is 8. The van der Waals surface area contributed by atoms with Gasteiger partial charge < -0.3 is 0 Å². The van der Waals surface area contributed by atoms with Crippen molar-refractivity contribution in [3.8, 4) is 6.07 Å². The Balaban J connectivity index is 2.16. The number of hydrogen-bond acceptors (Lipinski definition) is 9. The molecule has 2 aromatic heterocycles. The fraction of sp³-hybridized carbons (Fsp3) is 0.0769. The lowest BCUT2D eigenvalue weighted by molar-refractivity contribution is -0.384. The summed E-state index contributed by atoms with van der Waals surface area (Å²) in [6.07, 6.45) is -2.96. The summed E-state index contributed by atoms with van der Waals surface area (Å²) >= 11 is 8.60. The number of amidine groups is 1. The predicted octanol–water partition coefficient (Wildman–Crippen LogP) is 2.95. The van der Waals surface area contributed by atoms with Crippen LogP contribution in [0.25, 0.3) is 5.70 Å². The van der Waals surface area contributed by atoms with Gasteiger partial charge in [0.05, 0.1) is 27.6 Å². The van der Waals surface area contributed by atoms with Crippen molar-refractivity contribution in [3.63, 3.8) is 0 Å². The molecule has 0 bridgehead atoms. The average Bonchev–Trinajstić information content (AvgIpc) is 2.62. The maximum atomic E-state index is 14.6. The number of anilines is 1. The van der Waals surface area contributed by atoms with Crippen LogP contribution in [0.4, 0.5) is 24.7 Å². The maximum Gasteiger partial charge on any atom is 0.349 e. The Kier molecular flexibility index (Phi) is 5.21. The van der Waals surface area contributed by atoms with E-state index in [-0.39, 0.29) is 21.4 Å². The first-order valence-corrected chi connectivity index (χ1v) is 8.10. The minimum atomic E-state index is -1.45. The Bertz CT molecular complexity index is 1120. The second kappa shape index (κ2) is 7.44. The van der Waals surface area contributed by atoms with Crippen molar-refractivity contribution in [1.82, 2.24) is 19.9 Å². The van der Waals surface area contributed by atoms with Crippen LogP contribution in [0, 0.1) is 33.6 Å². The molecule has 0 atom stereocenters. The van der Waals surface area contributed by atoms with Gasteiger partial charge in [0.15, 0.2) is 0 Å². The summed E-state index contributed by atoms with van der Waals surface area (Å²) in [5.41, 5.74) is -1.80. The third kappa shape index (κ3) is 3.49. The van der Waals surface area contributed by atoms with Crippen molar-refractivity contribution in [3.05, 3.63) is 49.4 Å². The number of hydrogen-bond donors (Lipinski definition) is 0. The summed E-state index contributed by atoms with van der Waals surface area (Å²) in [4.78, 5) is 27.1. The first-order chi connectivity index (χ1) is 13.2.